The van der Waals surface area contributed by atoms with E-state index in [0.717, 1.165) is 16.2 Å². The first-order chi connectivity index (χ1) is 17.5. The molecule has 12 heteroatoms. The molecule has 4 rings (SSSR count). The third kappa shape index (κ3) is 5.16. The zero-order valence-corrected chi connectivity index (χ0v) is 21.8. The molecule has 3 unspecified atom stereocenters. The van der Waals surface area contributed by atoms with E-state index in [1.165, 1.54) is 23.2 Å². The average molecular weight is 530 g/mol. The van der Waals surface area contributed by atoms with Crippen molar-refractivity contribution in [3.8, 4) is 0 Å². The molecule has 2 saturated heterocycles. The number of ketones is 1. The molecule has 2 aliphatic heterocycles. The normalized spacial score (nSPS) is 20.5. The Morgan fingerprint density at radius 1 is 1.22 bits per heavy atom. The minimum absolute atomic E-state index is 0.190. The predicted octanol–water partition coefficient (Wildman–Crippen LogP) is 0.528. The lowest BCUT2D eigenvalue weighted by Gasteiger charge is -2.28. The zero-order valence-electron chi connectivity index (χ0n) is 21.0. The molecule has 0 radical (unpaired) electrons. The Morgan fingerprint density at radius 2 is 1.92 bits per heavy atom. The fourth-order valence-corrected chi connectivity index (χ4v) is 6.59. The molecule has 0 saturated carbocycles. The number of carbonyl (C=O) groups excluding carboxylic acids is 3. The molecule has 2 fully saturated rings. The van der Waals surface area contributed by atoms with Gasteiger partial charge >= 0.3 is 0 Å². The summed E-state index contributed by atoms with van der Waals surface area (Å²) in [6.07, 6.45) is 3.40. The van der Waals surface area contributed by atoms with Gasteiger partial charge in [0.15, 0.2) is 18.2 Å². The number of nitrogens with zero attached hydrogens (tertiary/aromatic N) is 4. The van der Waals surface area contributed by atoms with Gasteiger partial charge < -0.3 is 20.3 Å². The number of likely N-dealkylation sites (tertiary alicyclic amines) is 1. The monoisotopic (exact) mass is 529 g/mol. The summed E-state index contributed by atoms with van der Waals surface area (Å²) in [7, 11) is -0.325. The summed E-state index contributed by atoms with van der Waals surface area (Å²) >= 11 is 0. The summed E-state index contributed by atoms with van der Waals surface area (Å²) in [5.41, 5.74) is 1.34. The van der Waals surface area contributed by atoms with E-state index in [2.05, 4.69) is 5.32 Å². The van der Waals surface area contributed by atoms with Crippen LogP contribution >= 0.6 is 0 Å². The van der Waals surface area contributed by atoms with Gasteiger partial charge in [-0.05, 0) is 43.2 Å². The number of rotatable bonds is 8. The van der Waals surface area contributed by atoms with Crippen LogP contribution in [-0.4, -0.2) is 80.5 Å². The molecule has 0 bridgehead atoms. The third-order valence-electron chi connectivity index (χ3n) is 6.84. The highest BCUT2D eigenvalue weighted by Gasteiger charge is 2.54. The maximum atomic E-state index is 13.5. The van der Waals surface area contributed by atoms with E-state index in [4.69, 9.17) is 0 Å². The minimum atomic E-state index is -4.11. The van der Waals surface area contributed by atoms with Gasteiger partial charge in [0.05, 0.1) is 12.6 Å². The van der Waals surface area contributed by atoms with Gasteiger partial charge in [-0.15, -0.1) is 0 Å². The number of anilines is 1. The number of amides is 2. The Bertz CT molecular complexity index is 1300. The first-order valence-electron chi connectivity index (χ1n) is 12.2. The Hall–Kier alpha value is -3.51. The van der Waals surface area contributed by atoms with Gasteiger partial charge in [0.2, 0.25) is 15.9 Å². The standard InChI is InChI=1S/C25H31N5O6S/c1-4-6-20(26-24(32)17-8-10-18(11-9-17)27(2)3)25(33)29-14-12-21-23(29)22(31)16-30(21)37(35,36)19-7-5-13-28(34)15-19/h5,7-11,13,15,20-21,23H,4,6,12,14,16H2,1-3H3,(H,26,32). The molecular weight excluding hydrogens is 498 g/mol. The van der Waals surface area contributed by atoms with Gasteiger partial charge in [-0.25, -0.2) is 8.42 Å². The van der Waals surface area contributed by atoms with Crippen LogP contribution in [0.2, 0.25) is 0 Å². The summed E-state index contributed by atoms with van der Waals surface area (Å²) in [4.78, 5) is 42.5. The van der Waals surface area contributed by atoms with Gasteiger partial charge in [0.1, 0.15) is 17.0 Å². The molecule has 37 heavy (non-hydrogen) atoms. The maximum absolute atomic E-state index is 13.5. The van der Waals surface area contributed by atoms with Gasteiger partial charge in [-0.3, -0.25) is 14.4 Å². The highest BCUT2D eigenvalue weighted by Crippen LogP contribution is 2.34. The van der Waals surface area contributed by atoms with Crippen molar-refractivity contribution in [3.05, 3.63) is 59.6 Å². The lowest BCUT2D eigenvalue weighted by Crippen LogP contribution is -2.52. The number of nitrogens with one attached hydrogen (secondary N) is 1. The second-order valence-corrected chi connectivity index (χ2v) is 11.4. The Balaban J connectivity index is 1.51. The van der Waals surface area contributed by atoms with E-state index >= 15 is 0 Å². The van der Waals surface area contributed by atoms with Crippen molar-refractivity contribution in [1.29, 1.82) is 0 Å². The van der Waals surface area contributed by atoms with Crippen LogP contribution < -0.4 is 14.9 Å². The molecule has 3 atom stereocenters. The van der Waals surface area contributed by atoms with E-state index in [-0.39, 0.29) is 30.2 Å². The summed E-state index contributed by atoms with van der Waals surface area (Å²) in [6.45, 7) is 1.70. The molecule has 1 aromatic carbocycles. The number of hydrogen-bond donors (Lipinski definition) is 1. The predicted molar refractivity (Wildman–Crippen MR) is 135 cm³/mol. The van der Waals surface area contributed by atoms with E-state index in [1.54, 1.807) is 12.1 Å². The average Bonchev–Trinajstić information content (AvgIpc) is 3.45. The quantitative estimate of drug-likeness (QED) is 0.389. The van der Waals surface area contributed by atoms with Gasteiger partial charge in [0.25, 0.3) is 5.91 Å². The van der Waals surface area contributed by atoms with Crippen LogP contribution in [0.1, 0.15) is 36.5 Å². The number of fused-ring (bicyclic) bond motifs is 1. The summed E-state index contributed by atoms with van der Waals surface area (Å²) in [5, 5.41) is 14.4. The van der Waals surface area contributed by atoms with Crippen molar-refractivity contribution in [2.24, 2.45) is 0 Å². The second kappa shape index (κ2) is 10.5. The Labute approximate surface area is 216 Å². The fraction of sp³-hybridized carbons (Fsp3) is 0.440. The molecule has 2 amide bonds. The number of aromatic nitrogens is 1. The molecular formula is C25H31N5O6S. The summed E-state index contributed by atoms with van der Waals surface area (Å²) < 4.78 is 27.9. The SMILES string of the molecule is CCCC(NC(=O)c1ccc(N(C)C)cc1)C(=O)N1CCC2C1C(=O)CN2S(=O)(=O)c1ccc[n+]([O-])c1. The van der Waals surface area contributed by atoms with Gasteiger partial charge in [-0.1, -0.05) is 13.3 Å². The molecule has 2 aliphatic rings. The third-order valence-corrected chi connectivity index (χ3v) is 8.70. The molecule has 3 heterocycles. The van der Waals surface area contributed by atoms with Crippen LogP contribution in [0.25, 0.3) is 0 Å². The number of Topliss-reactive ketones (excluding diaryl/α,β-unsaturated/α-hetero) is 1. The summed E-state index contributed by atoms with van der Waals surface area (Å²) in [6, 6.07) is 7.11. The maximum Gasteiger partial charge on any atom is 0.251 e. The van der Waals surface area contributed by atoms with E-state index in [0.29, 0.717) is 23.1 Å². The van der Waals surface area contributed by atoms with Crippen LogP contribution in [0.5, 0.6) is 0 Å². The first kappa shape index (κ1) is 26.6. The fourth-order valence-electron chi connectivity index (χ4n) is 4.96. The molecule has 198 valence electrons. The van der Waals surface area contributed by atoms with Crippen molar-refractivity contribution in [2.75, 3.05) is 32.1 Å². The second-order valence-electron chi connectivity index (χ2n) is 9.50. The number of sulfonamides is 1. The number of carbonyl (C=O) groups is 3. The smallest absolute Gasteiger partial charge is 0.251 e. The van der Waals surface area contributed by atoms with Crippen molar-refractivity contribution in [1.82, 2.24) is 14.5 Å². The van der Waals surface area contributed by atoms with Crippen molar-refractivity contribution in [2.45, 2.75) is 49.2 Å². The zero-order chi connectivity index (χ0) is 26.9. The molecule has 0 spiro atoms. The highest BCUT2D eigenvalue weighted by atomic mass is 32.2. The van der Waals surface area contributed by atoms with Crippen LogP contribution in [0.15, 0.2) is 53.7 Å². The number of benzene rings is 1. The largest absolute Gasteiger partial charge is 0.619 e. The van der Waals surface area contributed by atoms with Crippen LogP contribution in [0, 0.1) is 5.21 Å². The molecule has 1 aromatic heterocycles. The van der Waals surface area contributed by atoms with E-state index in [9.17, 15) is 28.0 Å². The molecule has 2 aromatic rings. The van der Waals surface area contributed by atoms with Crippen molar-refractivity contribution >= 4 is 33.3 Å². The van der Waals surface area contributed by atoms with Crippen LogP contribution in [-0.2, 0) is 19.6 Å². The van der Waals surface area contributed by atoms with Crippen molar-refractivity contribution in [3.63, 3.8) is 0 Å². The minimum Gasteiger partial charge on any atom is -0.619 e. The first-order valence-corrected chi connectivity index (χ1v) is 13.6. The van der Waals surface area contributed by atoms with Crippen molar-refractivity contribution < 1.29 is 27.5 Å². The van der Waals surface area contributed by atoms with Gasteiger partial charge in [0, 0.05) is 38.0 Å². The Morgan fingerprint density at radius 3 is 2.54 bits per heavy atom. The summed E-state index contributed by atoms with van der Waals surface area (Å²) in [5.74, 6) is -1.19. The Kier molecular flexibility index (Phi) is 7.51. The highest BCUT2D eigenvalue weighted by molar-refractivity contribution is 7.89. The molecule has 0 aliphatic carbocycles. The number of hydrogen-bond acceptors (Lipinski definition) is 7. The lowest BCUT2D eigenvalue weighted by molar-refractivity contribution is -0.607. The molecule has 11 nitrogen and oxygen atoms in total. The van der Waals surface area contributed by atoms with E-state index in [1.807, 2.05) is 38.1 Å². The van der Waals surface area contributed by atoms with Gasteiger partial charge in [-0.2, -0.15) is 9.04 Å². The molecule has 1 N–H and O–H groups in total. The topological polar surface area (TPSA) is 134 Å². The van der Waals surface area contributed by atoms with E-state index < -0.39 is 40.0 Å². The number of pyridine rings is 1. The lowest BCUT2D eigenvalue weighted by atomic mass is 10.1. The van der Waals surface area contributed by atoms with Crippen LogP contribution in [0.4, 0.5) is 5.69 Å². The van der Waals surface area contributed by atoms with Crippen LogP contribution in [0.3, 0.4) is 0 Å².